The van der Waals surface area contributed by atoms with Crippen LogP contribution in [0.4, 0.5) is 0 Å². The lowest BCUT2D eigenvalue weighted by molar-refractivity contribution is 0.0953. The van der Waals surface area contributed by atoms with E-state index in [-0.39, 0.29) is 5.91 Å². The zero-order valence-corrected chi connectivity index (χ0v) is 11.7. The zero-order chi connectivity index (χ0) is 12.9. The monoisotopic (exact) mass is 253 g/mol. The number of nitrogens with one attached hydrogen (secondary N) is 1. The maximum absolute atomic E-state index is 11.8. The molecular weight excluding hydrogens is 234 g/mol. The number of benzene rings is 1. The molecule has 0 bridgehead atoms. The lowest BCUT2D eigenvalue weighted by Gasteiger charge is -2.22. The highest BCUT2D eigenvalue weighted by molar-refractivity contribution is 6.66. The Balaban J connectivity index is 2.58. The van der Waals surface area contributed by atoms with E-state index in [4.69, 9.17) is 8.85 Å². The fraction of sp³-hybridized carbons (Fsp3) is 0.417. The molecule has 0 aromatic heterocycles. The van der Waals surface area contributed by atoms with Gasteiger partial charge in [0.2, 0.25) is 0 Å². The molecule has 1 amide bonds. The standard InChI is InChI=1S/C12H19NO3Si/c1-10-5-7-11(8-6-10)12(14)13-9-17(4,15-2)16-3/h5-8H,9H2,1-4H3,(H,13,14). The lowest BCUT2D eigenvalue weighted by Crippen LogP contribution is -2.48. The van der Waals surface area contributed by atoms with Crippen LogP contribution in [0.2, 0.25) is 6.55 Å². The van der Waals surface area contributed by atoms with Gasteiger partial charge in [-0.05, 0) is 25.6 Å². The van der Waals surface area contributed by atoms with Gasteiger partial charge in [0.05, 0.1) is 6.17 Å². The summed E-state index contributed by atoms with van der Waals surface area (Å²) in [6, 6.07) is 7.45. The van der Waals surface area contributed by atoms with Gasteiger partial charge in [-0.2, -0.15) is 0 Å². The molecule has 0 atom stereocenters. The van der Waals surface area contributed by atoms with Crippen LogP contribution in [0.3, 0.4) is 0 Å². The van der Waals surface area contributed by atoms with Gasteiger partial charge in [-0.15, -0.1) is 0 Å². The Morgan fingerprint density at radius 1 is 1.24 bits per heavy atom. The number of hydrogen-bond acceptors (Lipinski definition) is 3. The Morgan fingerprint density at radius 2 is 1.76 bits per heavy atom. The van der Waals surface area contributed by atoms with Crippen LogP contribution in [0, 0.1) is 6.92 Å². The van der Waals surface area contributed by atoms with Gasteiger partial charge >= 0.3 is 8.56 Å². The Hall–Kier alpha value is -1.17. The molecule has 0 aliphatic carbocycles. The van der Waals surface area contributed by atoms with Crippen molar-refractivity contribution in [3.8, 4) is 0 Å². The number of hydrogen-bond donors (Lipinski definition) is 1. The van der Waals surface area contributed by atoms with Crippen LogP contribution in [0.1, 0.15) is 15.9 Å². The second-order valence-corrected chi connectivity index (χ2v) is 7.53. The molecule has 17 heavy (non-hydrogen) atoms. The van der Waals surface area contributed by atoms with Gasteiger partial charge in [0.1, 0.15) is 0 Å². The fourth-order valence-electron chi connectivity index (χ4n) is 1.28. The van der Waals surface area contributed by atoms with Gasteiger partial charge in [-0.1, -0.05) is 17.7 Å². The van der Waals surface area contributed by atoms with E-state index in [2.05, 4.69) is 5.32 Å². The number of aryl methyl sites for hydroxylation is 1. The fourth-order valence-corrected chi connectivity index (χ4v) is 2.21. The van der Waals surface area contributed by atoms with Crippen LogP contribution < -0.4 is 5.32 Å². The number of carbonyl (C=O) groups excluding carboxylic acids is 1. The van der Waals surface area contributed by atoms with E-state index >= 15 is 0 Å². The number of carbonyl (C=O) groups is 1. The highest BCUT2D eigenvalue weighted by Crippen LogP contribution is 2.05. The molecular formula is C12H19NO3Si. The molecule has 1 aromatic rings. The Kier molecular flexibility index (Phi) is 4.86. The second kappa shape index (κ2) is 5.95. The van der Waals surface area contributed by atoms with Crippen LogP contribution in [0.5, 0.6) is 0 Å². The van der Waals surface area contributed by atoms with Crippen molar-refractivity contribution in [2.24, 2.45) is 0 Å². The van der Waals surface area contributed by atoms with Crippen molar-refractivity contribution in [3.63, 3.8) is 0 Å². The van der Waals surface area contributed by atoms with Crippen molar-refractivity contribution >= 4 is 14.5 Å². The molecule has 0 heterocycles. The van der Waals surface area contributed by atoms with Crippen molar-refractivity contribution in [1.29, 1.82) is 0 Å². The van der Waals surface area contributed by atoms with Gasteiger partial charge in [0, 0.05) is 19.8 Å². The summed E-state index contributed by atoms with van der Waals surface area (Å²) in [5.74, 6) is -0.0992. The van der Waals surface area contributed by atoms with Gasteiger partial charge in [0.25, 0.3) is 5.91 Å². The van der Waals surface area contributed by atoms with E-state index in [0.717, 1.165) is 5.56 Å². The Bertz CT molecular complexity index is 374. The molecule has 0 fully saturated rings. The quantitative estimate of drug-likeness (QED) is 0.811. The lowest BCUT2D eigenvalue weighted by atomic mass is 10.1. The highest BCUT2D eigenvalue weighted by Gasteiger charge is 2.29. The second-order valence-electron chi connectivity index (χ2n) is 4.09. The summed E-state index contributed by atoms with van der Waals surface area (Å²) in [5.41, 5.74) is 1.79. The van der Waals surface area contributed by atoms with E-state index in [9.17, 15) is 4.79 Å². The molecule has 0 spiro atoms. The van der Waals surface area contributed by atoms with Gasteiger partial charge in [-0.3, -0.25) is 4.79 Å². The minimum atomic E-state index is -2.24. The normalized spacial score (nSPS) is 11.3. The molecule has 0 aliphatic heterocycles. The van der Waals surface area contributed by atoms with Crippen molar-refractivity contribution in [2.75, 3.05) is 20.4 Å². The summed E-state index contributed by atoms with van der Waals surface area (Å²) >= 11 is 0. The van der Waals surface area contributed by atoms with Crippen molar-refractivity contribution in [3.05, 3.63) is 35.4 Å². The third-order valence-electron chi connectivity index (χ3n) is 2.75. The van der Waals surface area contributed by atoms with Gasteiger partial charge in [0.15, 0.2) is 0 Å². The summed E-state index contributed by atoms with van der Waals surface area (Å²) in [7, 11) is 0.974. The molecule has 1 aromatic carbocycles. The third-order valence-corrected chi connectivity index (χ3v) is 5.29. The van der Waals surface area contributed by atoms with Gasteiger partial charge in [-0.25, -0.2) is 0 Å². The SMILES string of the molecule is CO[Si](C)(CNC(=O)c1ccc(C)cc1)OC. The molecule has 94 valence electrons. The maximum atomic E-state index is 11.8. The molecule has 0 aliphatic rings. The van der Waals surface area contributed by atoms with Crippen LogP contribution >= 0.6 is 0 Å². The van der Waals surface area contributed by atoms with E-state index < -0.39 is 8.56 Å². The first-order valence-corrected chi connectivity index (χ1v) is 7.98. The first kappa shape index (κ1) is 13.9. The topological polar surface area (TPSA) is 47.6 Å². The van der Waals surface area contributed by atoms with Crippen LogP contribution in [0.15, 0.2) is 24.3 Å². The van der Waals surface area contributed by atoms with Gasteiger partial charge < -0.3 is 14.2 Å². The average molecular weight is 253 g/mol. The largest absolute Gasteiger partial charge is 0.397 e. The van der Waals surface area contributed by atoms with Crippen molar-refractivity contribution < 1.29 is 13.6 Å². The van der Waals surface area contributed by atoms with Crippen molar-refractivity contribution in [1.82, 2.24) is 5.32 Å². The highest BCUT2D eigenvalue weighted by atomic mass is 28.4. The minimum Gasteiger partial charge on any atom is -0.397 e. The summed E-state index contributed by atoms with van der Waals surface area (Å²) in [6.45, 7) is 3.89. The third kappa shape index (κ3) is 3.96. The Labute approximate surface area is 103 Å². The van der Waals surface area contributed by atoms with Crippen LogP contribution in [-0.2, 0) is 8.85 Å². The van der Waals surface area contributed by atoms with E-state index in [0.29, 0.717) is 11.7 Å². The average Bonchev–Trinajstić information content (AvgIpc) is 2.36. The molecule has 1 N–H and O–H groups in total. The molecule has 0 saturated carbocycles. The first-order chi connectivity index (χ1) is 8.00. The molecule has 0 unspecified atom stereocenters. The zero-order valence-electron chi connectivity index (χ0n) is 10.7. The molecule has 1 rings (SSSR count). The summed E-state index contributed by atoms with van der Waals surface area (Å²) in [4.78, 5) is 11.8. The summed E-state index contributed by atoms with van der Waals surface area (Å²) in [6.07, 6.45) is 0.437. The number of amides is 1. The van der Waals surface area contributed by atoms with Crippen LogP contribution in [0.25, 0.3) is 0 Å². The number of rotatable bonds is 5. The van der Waals surface area contributed by atoms with E-state index in [1.807, 2.05) is 37.7 Å². The molecule has 0 saturated heterocycles. The first-order valence-electron chi connectivity index (χ1n) is 5.46. The molecule has 5 heteroatoms. The van der Waals surface area contributed by atoms with Crippen LogP contribution in [-0.4, -0.2) is 34.9 Å². The van der Waals surface area contributed by atoms with E-state index in [1.165, 1.54) is 0 Å². The van der Waals surface area contributed by atoms with Crippen molar-refractivity contribution in [2.45, 2.75) is 13.5 Å². The summed E-state index contributed by atoms with van der Waals surface area (Å²) < 4.78 is 10.6. The maximum Gasteiger partial charge on any atom is 0.354 e. The summed E-state index contributed by atoms with van der Waals surface area (Å²) in [5, 5.41) is 2.83. The van der Waals surface area contributed by atoms with E-state index in [1.54, 1.807) is 14.2 Å². The predicted molar refractivity (Wildman–Crippen MR) is 69.1 cm³/mol. The minimum absolute atomic E-state index is 0.0992. The predicted octanol–water partition coefficient (Wildman–Crippen LogP) is 1.63. The Morgan fingerprint density at radius 3 is 2.24 bits per heavy atom. The smallest absolute Gasteiger partial charge is 0.354 e. The molecule has 4 nitrogen and oxygen atoms in total. The molecule has 0 radical (unpaired) electrons.